The van der Waals surface area contributed by atoms with E-state index in [4.69, 9.17) is 8.92 Å². The summed E-state index contributed by atoms with van der Waals surface area (Å²) in [5.41, 5.74) is 3.66. The Hall–Kier alpha value is -3.12. The Balaban J connectivity index is 1.85. The fourth-order valence-corrected chi connectivity index (χ4v) is 3.50. The summed E-state index contributed by atoms with van der Waals surface area (Å²) in [4.78, 5) is 4.56. The largest absolute Gasteiger partial charge is 0.493 e. The Morgan fingerprint density at radius 1 is 0.893 bits per heavy atom. The minimum atomic E-state index is -3.95. The van der Waals surface area contributed by atoms with Gasteiger partial charge in [-0.3, -0.25) is 4.99 Å². The van der Waals surface area contributed by atoms with E-state index in [9.17, 15) is 8.42 Å². The topological polar surface area (TPSA) is 65.0 Å². The van der Waals surface area contributed by atoms with Crippen LogP contribution in [0.3, 0.4) is 0 Å². The molecule has 0 aliphatic heterocycles. The molecule has 0 saturated carbocycles. The summed E-state index contributed by atoms with van der Waals surface area (Å²) in [6.07, 6.45) is 1.70. The van der Waals surface area contributed by atoms with Crippen molar-refractivity contribution in [3.63, 3.8) is 0 Å². The maximum atomic E-state index is 12.5. The molecule has 0 radical (unpaired) electrons. The summed E-state index contributed by atoms with van der Waals surface area (Å²) in [5.74, 6) is 0.431. The third-order valence-electron chi connectivity index (χ3n) is 4.16. The van der Waals surface area contributed by atoms with Crippen molar-refractivity contribution in [2.24, 2.45) is 4.99 Å². The van der Waals surface area contributed by atoms with Crippen molar-refractivity contribution < 1.29 is 17.3 Å². The van der Waals surface area contributed by atoms with Gasteiger partial charge in [-0.05, 0) is 61.4 Å². The van der Waals surface area contributed by atoms with Crippen molar-refractivity contribution in [1.29, 1.82) is 0 Å². The lowest BCUT2D eigenvalue weighted by Crippen LogP contribution is -2.10. The van der Waals surface area contributed by atoms with Gasteiger partial charge in [-0.25, -0.2) is 0 Å². The molecule has 144 valence electrons. The highest BCUT2D eigenvalue weighted by Crippen LogP contribution is 2.30. The lowest BCUT2D eigenvalue weighted by atomic mass is 10.2. The van der Waals surface area contributed by atoms with E-state index in [0.717, 1.165) is 22.4 Å². The normalized spacial score (nSPS) is 11.5. The number of hydrogen-bond donors (Lipinski definition) is 0. The Morgan fingerprint density at radius 2 is 1.61 bits per heavy atom. The van der Waals surface area contributed by atoms with Crippen LogP contribution in [0.5, 0.6) is 11.5 Å². The van der Waals surface area contributed by atoms with Gasteiger partial charge in [0.1, 0.15) is 4.90 Å². The molecule has 0 saturated heterocycles. The summed E-state index contributed by atoms with van der Waals surface area (Å²) in [7, 11) is -2.49. The minimum absolute atomic E-state index is 0.0883. The van der Waals surface area contributed by atoms with Crippen molar-refractivity contribution in [3.05, 3.63) is 83.4 Å². The molecule has 0 fully saturated rings. The molecular formula is C22H21NO4S. The number of nitrogens with zero attached hydrogens (tertiary/aromatic N) is 1. The van der Waals surface area contributed by atoms with E-state index in [0.29, 0.717) is 5.75 Å². The summed E-state index contributed by atoms with van der Waals surface area (Å²) < 4.78 is 35.6. The first-order chi connectivity index (χ1) is 13.4. The Bertz CT molecular complexity index is 1100. The lowest BCUT2D eigenvalue weighted by Gasteiger charge is -2.11. The summed E-state index contributed by atoms with van der Waals surface area (Å²) in [6, 6.07) is 19.2. The highest BCUT2D eigenvalue weighted by atomic mass is 32.2. The van der Waals surface area contributed by atoms with E-state index in [1.807, 2.05) is 38.1 Å². The SMILES string of the molecule is COc1cc(C=Nc2ccccc2C)ccc1OS(=O)(=O)c1ccc(C)cc1. The first-order valence-corrected chi connectivity index (χ1v) is 10.1. The smallest absolute Gasteiger partial charge is 0.339 e. The molecule has 0 aliphatic rings. The standard InChI is InChI=1S/C22H21NO4S/c1-16-8-11-19(12-9-16)28(24,25)27-21-13-10-18(14-22(21)26-3)15-23-20-7-5-4-6-17(20)2/h4-15H,1-3H3. The van der Waals surface area contributed by atoms with E-state index in [1.165, 1.54) is 19.2 Å². The number of aliphatic imine (C=N–C) groups is 1. The summed E-state index contributed by atoms with van der Waals surface area (Å²) in [6.45, 7) is 3.87. The minimum Gasteiger partial charge on any atom is -0.493 e. The highest BCUT2D eigenvalue weighted by Gasteiger charge is 2.19. The van der Waals surface area contributed by atoms with Crippen LogP contribution in [0.25, 0.3) is 0 Å². The number of methoxy groups -OCH3 is 1. The zero-order valence-electron chi connectivity index (χ0n) is 15.9. The molecule has 0 heterocycles. The van der Waals surface area contributed by atoms with Gasteiger partial charge in [-0.1, -0.05) is 35.9 Å². The van der Waals surface area contributed by atoms with E-state index < -0.39 is 10.1 Å². The molecule has 3 aromatic carbocycles. The van der Waals surface area contributed by atoms with Gasteiger partial charge in [-0.2, -0.15) is 8.42 Å². The molecule has 0 aliphatic carbocycles. The zero-order chi connectivity index (χ0) is 20.1. The van der Waals surface area contributed by atoms with Gasteiger partial charge in [0.25, 0.3) is 0 Å². The fourth-order valence-electron chi connectivity index (χ4n) is 2.56. The van der Waals surface area contributed by atoms with E-state index in [1.54, 1.807) is 36.5 Å². The van der Waals surface area contributed by atoms with E-state index >= 15 is 0 Å². The number of benzene rings is 3. The Kier molecular flexibility index (Phi) is 5.80. The summed E-state index contributed by atoms with van der Waals surface area (Å²) >= 11 is 0. The van der Waals surface area contributed by atoms with Crippen molar-refractivity contribution in [3.8, 4) is 11.5 Å². The number of hydrogen-bond acceptors (Lipinski definition) is 5. The van der Waals surface area contributed by atoms with E-state index in [2.05, 4.69) is 4.99 Å². The van der Waals surface area contributed by atoms with E-state index in [-0.39, 0.29) is 10.6 Å². The monoisotopic (exact) mass is 395 g/mol. The number of aryl methyl sites for hydroxylation is 2. The van der Waals surface area contributed by atoms with Gasteiger partial charge in [0, 0.05) is 6.21 Å². The lowest BCUT2D eigenvalue weighted by molar-refractivity contribution is 0.390. The molecule has 0 unspecified atom stereocenters. The molecular weight excluding hydrogens is 374 g/mol. The van der Waals surface area contributed by atoms with Gasteiger partial charge < -0.3 is 8.92 Å². The second-order valence-electron chi connectivity index (χ2n) is 6.31. The van der Waals surface area contributed by atoms with Crippen LogP contribution >= 0.6 is 0 Å². The average Bonchev–Trinajstić information content (AvgIpc) is 2.68. The van der Waals surface area contributed by atoms with Gasteiger partial charge in [-0.15, -0.1) is 0 Å². The van der Waals surface area contributed by atoms with Crippen molar-refractivity contribution >= 4 is 22.0 Å². The quantitative estimate of drug-likeness (QED) is 0.443. The van der Waals surface area contributed by atoms with Crippen LogP contribution in [0.4, 0.5) is 5.69 Å². The highest BCUT2D eigenvalue weighted by molar-refractivity contribution is 7.87. The predicted molar refractivity (Wildman–Crippen MR) is 110 cm³/mol. The van der Waals surface area contributed by atoms with Gasteiger partial charge in [0.05, 0.1) is 12.8 Å². The van der Waals surface area contributed by atoms with Crippen LogP contribution in [0, 0.1) is 13.8 Å². The average molecular weight is 395 g/mol. The second kappa shape index (κ2) is 8.27. The fraction of sp³-hybridized carbons (Fsp3) is 0.136. The Labute approximate surface area is 165 Å². The van der Waals surface area contributed by atoms with Crippen molar-refractivity contribution in [2.75, 3.05) is 7.11 Å². The zero-order valence-corrected chi connectivity index (χ0v) is 16.7. The van der Waals surface area contributed by atoms with Crippen LogP contribution in [0.15, 0.2) is 76.6 Å². The molecule has 28 heavy (non-hydrogen) atoms. The van der Waals surface area contributed by atoms with Crippen molar-refractivity contribution in [1.82, 2.24) is 0 Å². The van der Waals surface area contributed by atoms with Gasteiger partial charge in [0.2, 0.25) is 0 Å². The van der Waals surface area contributed by atoms with Crippen LogP contribution in [0.1, 0.15) is 16.7 Å². The molecule has 3 rings (SSSR count). The molecule has 5 nitrogen and oxygen atoms in total. The van der Waals surface area contributed by atoms with Crippen LogP contribution in [-0.4, -0.2) is 21.7 Å². The number of rotatable bonds is 6. The first-order valence-electron chi connectivity index (χ1n) is 8.68. The van der Waals surface area contributed by atoms with Crippen LogP contribution in [0.2, 0.25) is 0 Å². The molecule has 0 aromatic heterocycles. The third-order valence-corrected chi connectivity index (χ3v) is 5.41. The molecule has 0 N–H and O–H groups in total. The van der Waals surface area contributed by atoms with Crippen LogP contribution in [-0.2, 0) is 10.1 Å². The number of para-hydroxylation sites is 1. The molecule has 0 amide bonds. The molecule has 0 spiro atoms. The predicted octanol–water partition coefficient (Wildman–Crippen LogP) is 4.83. The molecule has 0 bridgehead atoms. The maximum absolute atomic E-state index is 12.5. The summed E-state index contributed by atoms with van der Waals surface area (Å²) in [5, 5.41) is 0. The van der Waals surface area contributed by atoms with Crippen LogP contribution < -0.4 is 8.92 Å². The molecule has 3 aromatic rings. The number of ether oxygens (including phenoxy) is 1. The molecule has 0 atom stereocenters. The van der Waals surface area contributed by atoms with Gasteiger partial charge >= 0.3 is 10.1 Å². The Morgan fingerprint density at radius 3 is 2.29 bits per heavy atom. The first kappa shape index (κ1) is 19.6. The second-order valence-corrected chi connectivity index (χ2v) is 7.85. The van der Waals surface area contributed by atoms with Gasteiger partial charge in [0.15, 0.2) is 11.5 Å². The maximum Gasteiger partial charge on any atom is 0.339 e. The van der Waals surface area contributed by atoms with Crippen molar-refractivity contribution in [2.45, 2.75) is 18.7 Å². The third kappa shape index (κ3) is 4.58. The molecule has 6 heteroatoms.